The monoisotopic (exact) mass is 406 g/mol. The maximum Gasteiger partial charge on any atom is 0.242 e. The van der Waals surface area contributed by atoms with E-state index in [1.807, 2.05) is 26.0 Å². The van der Waals surface area contributed by atoms with Crippen LogP contribution in [0.15, 0.2) is 36.4 Å². The van der Waals surface area contributed by atoms with Crippen molar-refractivity contribution >= 4 is 35.0 Å². The predicted octanol–water partition coefficient (Wildman–Crippen LogP) is 4.32. The fourth-order valence-electron chi connectivity index (χ4n) is 3.09. The average molecular weight is 407 g/mol. The number of benzene rings is 2. The Balaban J connectivity index is 2.34. The van der Waals surface area contributed by atoms with E-state index < -0.39 is 6.04 Å². The first-order chi connectivity index (χ1) is 12.7. The van der Waals surface area contributed by atoms with E-state index >= 15 is 0 Å². The van der Waals surface area contributed by atoms with Crippen molar-refractivity contribution in [1.29, 1.82) is 0 Å². The molecule has 2 aromatic carbocycles. The van der Waals surface area contributed by atoms with Crippen LogP contribution in [0.2, 0.25) is 10.0 Å². The van der Waals surface area contributed by atoms with Gasteiger partial charge in [0.15, 0.2) is 0 Å². The summed E-state index contributed by atoms with van der Waals surface area (Å²) in [5.74, 6) is -0.404. The third-order valence-corrected chi connectivity index (χ3v) is 5.15. The van der Waals surface area contributed by atoms with Crippen molar-refractivity contribution in [2.45, 2.75) is 39.8 Å². The zero-order valence-electron chi connectivity index (χ0n) is 16.0. The van der Waals surface area contributed by atoms with Crippen LogP contribution < -0.4 is 5.32 Å². The number of amides is 2. The fraction of sp³-hybridized carbons (Fsp3) is 0.333. The Bertz CT molecular complexity index is 812. The maximum absolute atomic E-state index is 13.1. The molecular weight excluding hydrogens is 383 g/mol. The number of hydrogen-bond donors (Lipinski definition) is 1. The van der Waals surface area contributed by atoms with Gasteiger partial charge >= 0.3 is 0 Å². The fourth-order valence-corrected chi connectivity index (χ4v) is 3.61. The summed E-state index contributed by atoms with van der Waals surface area (Å²) < 4.78 is 0. The Labute approximate surface area is 170 Å². The van der Waals surface area contributed by atoms with Crippen molar-refractivity contribution in [2.75, 3.05) is 7.05 Å². The number of nitrogens with zero attached hydrogens (tertiary/aromatic N) is 1. The Morgan fingerprint density at radius 1 is 1.07 bits per heavy atom. The first-order valence-corrected chi connectivity index (χ1v) is 9.49. The van der Waals surface area contributed by atoms with Gasteiger partial charge in [-0.05, 0) is 38.5 Å². The smallest absolute Gasteiger partial charge is 0.242 e. The van der Waals surface area contributed by atoms with Gasteiger partial charge in [0.1, 0.15) is 6.04 Å². The van der Waals surface area contributed by atoms with Crippen LogP contribution in [0.4, 0.5) is 0 Å². The van der Waals surface area contributed by atoms with Crippen LogP contribution in [-0.4, -0.2) is 29.8 Å². The number of halogens is 2. The van der Waals surface area contributed by atoms with Gasteiger partial charge in [-0.2, -0.15) is 0 Å². The highest BCUT2D eigenvalue weighted by Gasteiger charge is 2.27. The molecule has 0 fully saturated rings. The van der Waals surface area contributed by atoms with E-state index in [4.69, 9.17) is 23.2 Å². The molecule has 0 radical (unpaired) electrons. The molecule has 2 amide bonds. The molecule has 4 nitrogen and oxygen atoms in total. The molecule has 0 saturated carbocycles. The number of carbonyl (C=O) groups is 2. The lowest BCUT2D eigenvalue weighted by atomic mass is 10.0. The molecule has 0 aromatic heterocycles. The maximum atomic E-state index is 13.1. The van der Waals surface area contributed by atoms with Crippen LogP contribution >= 0.6 is 23.2 Å². The van der Waals surface area contributed by atoms with E-state index in [-0.39, 0.29) is 24.8 Å². The Morgan fingerprint density at radius 2 is 1.63 bits per heavy atom. The molecule has 144 valence electrons. The van der Waals surface area contributed by atoms with Crippen LogP contribution in [0, 0.1) is 13.8 Å². The highest BCUT2D eigenvalue weighted by molar-refractivity contribution is 6.36. The lowest BCUT2D eigenvalue weighted by Crippen LogP contribution is -2.47. The summed E-state index contributed by atoms with van der Waals surface area (Å²) in [6, 6.07) is 10.6. The molecule has 0 saturated heterocycles. The van der Waals surface area contributed by atoms with Crippen molar-refractivity contribution in [2.24, 2.45) is 0 Å². The van der Waals surface area contributed by atoms with E-state index in [0.29, 0.717) is 15.6 Å². The second-order valence-corrected chi connectivity index (χ2v) is 7.50. The summed E-state index contributed by atoms with van der Waals surface area (Å²) in [4.78, 5) is 26.8. The van der Waals surface area contributed by atoms with E-state index in [9.17, 15) is 9.59 Å². The van der Waals surface area contributed by atoms with E-state index in [1.165, 1.54) is 4.90 Å². The molecule has 0 aliphatic rings. The number of nitrogens with one attached hydrogen (secondary N) is 1. The van der Waals surface area contributed by atoms with Crippen LogP contribution in [-0.2, 0) is 22.6 Å². The number of likely N-dealkylation sites (N-methyl/N-ethyl adjacent to an activating group) is 1. The summed E-state index contributed by atoms with van der Waals surface area (Å²) in [7, 11) is 1.55. The SMILES string of the molecule is CNC(=O)C(C)N(Cc1c(Cl)cccc1Cl)C(=O)Cc1cc(C)cc(C)c1. The van der Waals surface area contributed by atoms with Gasteiger partial charge in [-0.1, -0.05) is 58.6 Å². The minimum atomic E-state index is -0.652. The lowest BCUT2D eigenvalue weighted by Gasteiger charge is -2.29. The first kappa shape index (κ1) is 21.3. The molecule has 6 heteroatoms. The summed E-state index contributed by atoms with van der Waals surface area (Å²) in [5.41, 5.74) is 3.73. The summed E-state index contributed by atoms with van der Waals surface area (Å²) in [5, 5.41) is 3.54. The largest absolute Gasteiger partial charge is 0.357 e. The molecular formula is C21H24Cl2N2O2. The first-order valence-electron chi connectivity index (χ1n) is 8.74. The van der Waals surface area contributed by atoms with Crippen molar-refractivity contribution in [3.8, 4) is 0 Å². The van der Waals surface area contributed by atoms with Gasteiger partial charge in [0.2, 0.25) is 11.8 Å². The van der Waals surface area contributed by atoms with Gasteiger partial charge in [0.05, 0.1) is 6.42 Å². The lowest BCUT2D eigenvalue weighted by molar-refractivity contribution is -0.139. The number of rotatable bonds is 6. The summed E-state index contributed by atoms with van der Waals surface area (Å²) in [6.45, 7) is 5.85. The summed E-state index contributed by atoms with van der Waals surface area (Å²) in [6.07, 6.45) is 0.200. The minimum absolute atomic E-state index is 0.160. The van der Waals surface area contributed by atoms with Crippen LogP contribution in [0.3, 0.4) is 0 Å². The number of hydrogen-bond acceptors (Lipinski definition) is 2. The molecule has 0 heterocycles. The molecule has 1 N–H and O–H groups in total. The molecule has 1 atom stereocenters. The molecule has 2 rings (SSSR count). The van der Waals surface area contributed by atoms with Crippen LogP contribution in [0.5, 0.6) is 0 Å². The van der Waals surface area contributed by atoms with Crippen molar-refractivity contribution < 1.29 is 9.59 Å². The van der Waals surface area contributed by atoms with Crippen molar-refractivity contribution in [3.63, 3.8) is 0 Å². The zero-order valence-corrected chi connectivity index (χ0v) is 17.5. The Kier molecular flexibility index (Phi) is 7.28. The minimum Gasteiger partial charge on any atom is -0.357 e. The number of carbonyl (C=O) groups excluding carboxylic acids is 2. The van der Waals surface area contributed by atoms with E-state index in [0.717, 1.165) is 16.7 Å². The van der Waals surface area contributed by atoms with Gasteiger partial charge in [-0.25, -0.2) is 0 Å². The third-order valence-electron chi connectivity index (χ3n) is 4.44. The normalized spacial score (nSPS) is 11.8. The predicted molar refractivity (Wildman–Crippen MR) is 110 cm³/mol. The number of aryl methyl sites for hydroxylation is 2. The van der Waals surface area contributed by atoms with Gasteiger partial charge in [0.25, 0.3) is 0 Å². The molecule has 0 bridgehead atoms. The van der Waals surface area contributed by atoms with Gasteiger partial charge in [-0.3, -0.25) is 9.59 Å². The molecule has 1 unspecified atom stereocenters. The molecule has 0 aliphatic heterocycles. The van der Waals surface area contributed by atoms with Gasteiger partial charge < -0.3 is 10.2 Å². The highest BCUT2D eigenvalue weighted by atomic mass is 35.5. The molecule has 27 heavy (non-hydrogen) atoms. The van der Waals surface area contributed by atoms with Crippen LogP contribution in [0.1, 0.15) is 29.2 Å². The highest BCUT2D eigenvalue weighted by Crippen LogP contribution is 2.27. The second-order valence-electron chi connectivity index (χ2n) is 6.68. The average Bonchev–Trinajstić information content (AvgIpc) is 2.59. The van der Waals surface area contributed by atoms with Crippen LogP contribution in [0.25, 0.3) is 0 Å². The Hall–Kier alpha value is -2.04. The van der Waals surface area contributed by atoms with Crippen molar-refractivity contribution in [1.82, 2.24) is 10.2 Å². The zero-order chi connectivity index (χ0) is 20.1. The van der Waals surface area contributed by atoms with E-state index in [1.54, 1.807) is 32.2 Å². The third kappa shape index (κ3) is 5.47. The molecule has 2 aromatic rings. The van der Waals surface area contributed by atoms with Gasteiger partial charge in [-0.15, -0.1) is 0 Å². The Morgan fingerprint density at radius 3 is 2.15 bits per heavy atom. The molecule has 0 aliphatic carbocycles. The topological polar surface area (TPSA) is 49.4 Å². The quantitative estimate of drug-likeness (QED) is 0.776. The van der Waals surface area contributed by atoms with Gasteiger partial charge in [0, 0.05) is 29.2 Å². The van der Waals surface area contributed by atoms with Crippen molar-refractivity contribution in [3.05, 3.63) is 68.7 Å². The second kappa shape index (κ2) is 9.25. The van der Waals surface area contributed by atoms with E-state index in [2.05, 4.69) is 11.4 Å². The standard InChI is InChI=1S/C21H24Cl2N2O2/c1-13-8-14(2)10-16(9-13)11-20(26)25(15(3)21(27)24-4)12-17-18(22)6-5-7-19(17)23/h5-10,15H,11-12H2,1-4H3,(H,24,27). The molecule has 0 spiro atoms. The summed E-state index contributed by atoms with van der Waals surface area (Å²) >= 11 is 12.6.